The molecule has 0 aliphatic carbocycles. The molecule has 4 heteroatoms. The van der Waals surface area contributed by atoms with Gasteiger partial charge >= 0.3 is 0 Å². The van der Waals surface area contributed by atoms with Crippen molar-refractivity contribution < 1.29 is 0 Å². The van der Waals surface area contributed by atoms with Crippen molar-refractivity contribution in [3.8, 4) is 5.69 Å². The van der Waals surface area contributed by atoms with Gasteiger partial charge < -0.3 is 9.88 Å². The quantitative estimate of drug-likeness (QED) is 0.269. The second kappa shape index (κ2) is 15.5. The zero-order valence-electron chi connectivity index (χ0n) is 24.6. The summed E-state index contributed by atoms with van der Waals surface area (Å²) in [6, 6.07) is 16.9. The molecule has 0 aliphatic rings. The number of nitrogens with zero attached hydrogens (tertiary/aromatic N) is 3. The number of aryl methyl sites for hydroxylation is 4. The van der Waals surface area contributed by atoms with Crippen LogP contribution >= 0.6 is 0 Å². The Morgan fingerprint density at radius 3 is 1.73 bits per heavy atom. The van der Waals surface area contributed by atoms with Crippen LogP contribution in [0.25, 0.3) is 16.5 Å². The average molecular weight is 499 g/mol. The summed E-state index contributed by atoms with van der Waals surface area (Å²) in [6.07, 6.45) is 3.79. The normalized spacial score (nSPS) is 9.81. The molecule has 0 fully saturated rings. The zero-order valence-corrected chi connectivity index (χ0v) is 24.6. The Balaban J connectivity index is 0.00000106. The van der Waals surface area contributed by atoms with Gasteiger partial charge in [-0.3, -0.25) is 0 Å². The summed E-state index contributed by atoms with van der Waals surface area (Å²) in [5.41, 5.74) is 7.77. The molecule has 37 heavy (non-hydrogen) atoms. The van der Waals surface area contributed by atoms with Crippen LogP contribution in [-0.2, 0) is 0 Å². The molecule has 4 rings (SSSR count). The number of rotatable bonds is 6. The molecule has 198 valence electrons. The van der Waals surface area contributed by atoms with Gasteiger partial charge in [0.25, 0.3) is 0 Å². The molecule has 0 saturated carbocycles. The number of benzene rings is 2. The molecule has 0 amide bonds. The molecule has 2 aromatic carbocycles. The monoisotopic (exact) mass is 498 g/mol. The SMILES string of the molecule is C=CC(C=C)c1ccc(Nc2nnc(C)c3c(C)n(-c4ccc(C)cc4)c(C)c23)cc1.CC.CC.CC. The number of allylic oxidation sites excluding steroid dienone is 2. The molecular formula is C33H46N4. The second-order valence-corrected chi connectivity index (χ2v) is 7.97. The maximum atomic E-state index is 4.51. The number of hydrogen-bond donors (Lipinski definition) is 1. The number of fused-ring (bicyclic) bond motifs is 1. The Morgan fingerprint density at radius 1 is 0.703 bits per heavy atom. The predicted molar refractivity (Wildman–Crippen MR) is 165 cm³/mol. The fourth-order valence-electron chi connectivity index (χ4n) is 4.26. The van der Waals surface area contributed by atoms with Crippen molar-refractivity contribution in [2.75, 3.05) is 5.32 Å². The minimum Gasteiger partial charge on any atom is -0.338 e. The van der Waals surface area contributed by atoms with E-state index in [0.29, 0.717) is 0 Å². The van der Waals surface area contributed by atoms with Gasteiger partial charge in [-0.05, 0) is 57.5 Å². The summed E-state index contributed by atoms with van der Waals surface area (Å²) in [4.78, 5) is 0. The van der Waals surface area contributed by atoms with Crippen LogP contribution in [0.5, 0.6) is 0 Å². The van der Waals surface area contributed by atoms with E-state index in [9.17, 15) is 0 Å². The number of aromatic nitrogens is 3. The zero-order chi connectivity index (χ0) is 28.1. The lowest BCUT2D eigenvalue weighted by atomic mass is 9.99. The molecule has 1 N–H and O–H groups in total. The van der Waals surface area contributed by atoms with Gasteiger partial charge in [0.1, 0.15) is 0 Å². The molecule has 0 saturated heterocycles. The van der Waals surface area contributed by atoms with Gasteiger partial charge in [0, 0.05) is 39.5 Å². The lowest BCUT2D eigenvalue weighted by Gasteiger charge is -2.11. The fraction of sp³-hybridized carbons (Fsp3) is 0.333. The highest BCUT2D eigenvalue weighted by molar-refractivity contribution is 5.99. The van der Waals surface area contributed by atoms with E-state index >= 15 is 0 Å². The van der Waals surface area contributed by atoms with Gasteiger partial charge in [0.2, 0.25) is 0 Å². The molecule has 2 heterocycles. The van der Waals surface area contributed by atoms with E-state index in [-0.39, 0.29) is 5.92 Å². The summed E-state index contributed by atoms with van der Waals surface area (Å²) in [5, 5.41) is 14.7. The van der Waals surface area contributed by atoms with Crippen molar-refractivity contribution in [1.82, 2.24) is 14.8 Å². The standard InChI is InChI=1S/C27H28N4.3C2H6/c1-7-21(8-2)22-11-13-23(14-12-22)28-27-26-20(6)31(24-15-9-17(3)10-16-24)19(5)25(26)18(4)29-30-27;3*1-2/h7-16,21H,1-2H2,3-6H3,(H,28,30);3*1-2H3. The van der Waals surface area contributed by atoms with Crippen LogP contribution in [0, 0.1) is 27.7 Å². The summed E-state index contributed by atoms with van der Waals surface area (Å²) in [7, 11) is 0. The van der Waals surface area contributed by atoms with Crippen LogP contribution in [0.4, 0.5) is 11.5 Å². The second-order valence-electron chi connectivity index (χ2n) is 7.97. The van der Waals surface area contributed by atoms with Crippen molar-refractivity contribution >= 4 is 22.3 Å². The van der Waals surface area contributed by atoms with E-state index in [2.05, 4.69) is 103 Å². The molecule has 2 aromatic heterocycles. The largest absolute Gasteiger partial charge is 0.338 e. The molecule has 4 nitrogen and oxygen atoms in total. The third-order valence-corrected chi connectivity index (χ3v) is 5.90. The Kier molecular flexibility index (Phi) is 13.1. The van der Waals surface area contributed by atoms with Gasteiger partial charge in [-0.2, -0.15) is 5.10 Å². The van der Waals surface area contributed by atoms with Crippen LogP contribution < -0.4 is 5.32 Å². The molecule has 4 aromatic rings. The smallest absolute Gasteiger partial charge is 0.162 e. The lowest BCUT2D eigenvalue weighted by Crippen LogP contribution is -2.00. The van der Waals surface area contributed by atoms with Gasteiger partial charge in [-0.25, -0.2) is 0 Å². The highest BCUT2D eigenvalue weighted by Gasteiger charge is 2.19. The number of anilines is 2. The maximum Gasteiger partial charge on any atom is 0.162 e. The van der Waals surface area contributed by atoms with Crippen molar-refractivity contribution in [2.24, 2.45) is 0 Å². The average Bonchev–Trinajstić information content (AvgIpc) is 3.22. The fourth-order valence-corrected chi connectivity index (χ4v) is 4.26. The first-order chi connectivity index (χ1) is 17.9. The minimum atomic E-state index is 0.147. The van der Waals surface area contributed by atoms with Crippen LogP contribution in [0.3, 0.4) is 0 Å². The van der Waals surface area contributed by atoms with E-state index in [0.717, 1.165) is 44.9 Å². The molecule has 0 atom stereocenters. The molecule has 0 radical (unpaired) electrons. The molecule has 0 unspecified atom stereocenters. The van der Waals surface area contributed by atoms with Crippen molar-refractivity contribution in [3.05, 3.63) is 102 Å². The molecular weight excluding hydrogens is 452 g/mol. The summed E-state index contributed by atoms with van der Waals surface area (Å²) in [5.74, 6) is 0.914. The minimum absolute atomic E-state index is 0.147. The Hall–Kier alpha value is -3.66. The van der Waals surface area contributed by atoms with E-state index in [4.69, 9.17) is 0 Å². The van der Waals surface area contributed by atoms with Crippen LogP contribution in [-0.4, -0.2) is 14.8 Å². The molecule has 0 bridgehead atoms. The Morgan fingerprint density at radius 2 is 1.22 bits per heavy atom. The summed E-state index contributed by atoms with van der Waals surface area (Å²) < 4.78 is 2.29. The first-order valence-corrected chi connectivity index (χ1v) is 13.5. The lowest BCUT2D eigenvalue weighted by molar-refractivity contribution is 0.972. The summed E-state index contributed by atoms with van der Waals surface area (Å²) >= 11 is 0. The Labute approximate surface area is 225 Å². The highest BCUT2D eigenvalue weighted by Crippen LogP contribution is 2.35. The third-order valence-electron chi connectivity index (χ3n) is 5.90. The van der Waals surface area contributed by atoms with Gasteiger partial charge in [-0.1, -0.05) is 83.5 Å². The molecule has 0 aliphatic heterocycles. The van der Waals surface area contributed by atoms with Crippen LogP contribution in [0.2, 0.25) is 0 Å². The molecule has 0 spiro atoms. The van der Waals surface area contributed by atoms with Crippen molar-refractivity contribution in [2.45, 2.75) is 75.2 Å². The topological polar surface area (TPSA) is 42.7 Å². The Bertz CT molecular complexity index is 1250. The van der Waals surface area contributed by atoms with E-state index < -0.39 is 0 Å². The third kappa shape index (κ3) is 6.97. The van der Waals surface area contributed by atoms with E-state index in [1.165, 1.54) is 11.3 Å². The van der Waals surface area contributed by atoms with Crippen LogP contribution in [0.15, 0.2) is 73.8 Å². The van der Waals surface area contributed by atoms with Gasteiger partial charge in [0.15, 0.2) is 5.82 Å². The first-order valence-electron chi connectivity index (χ1n) is 13.5. The number of nitrogens with one attached hydrogen (secondary N) is 1. The number of hydrogen-bond acceptors (Lipinski definition) is 3. The highest BCUT2D eigenvalue weighted by atomic mass is 15.2. The van der Waals surface area contributed by atoms with Gasteiger partial charge in [0.05, 0.1) is 5.69 Å². The van der Waals surface area contributed by atoms with Gasteiger partial charge in [-0.15, -0.1) is 18.3 Å². The van der Waals surface area contributed by atoms with Crippen molar-refractivity contribution in [3.63, 3.8) is 0 Å². The maximum absolute atomic E-state index is 4.51. The van der Waals surface area contributed by atoms with Crippen LogP contribution in [0.1, 0.15) is 75.7 Å². The van der Waals surface area contributed by atoms with E-state index in [1.807, 2.05) is 60.6 Å². The summed E-state index contributed by atoms with van der Waals surface area (Å²) in [6.45, 7) is 28.2. The van der Waals surface area contributed by atoms with Crippen molar-refractivity contribution in [1.29, 1.82) is 0 Å². The predicted octanol–water partition coefficient (Wildman–Crippen LogP) is 9.93. The van der Waals surface area contributed by atoms with E-state index in [1.54, 1.807) is 0 Å². The first kappa shape index (κ1) is 31.4.